The lowest BCUT2D eigenvalue weighted by molar-refractivity contribution is -0.150. The highest BCUT2D eigenvalue weighted by atomic mass is 16.5. The van der Waals surface area contributed by atoms with Crippen LogP contribution < -0.4 is 0 Å². The first-order valence-corrected chi connectivity index (χ1v) is 14.3. The minimum atomic E-state index is -0.786. The van der Waals surface area contributed by atoms with E-state index in [2.05, 4.69) is 38.2 Å². The van der Waals surface area contributed by atoms with Gasteiger partial charge in [0.2, 0.25) is 0 Å². The Kier molecular flexibility index (Phi) is 24.8. The van der Waals surface area contributed by atoms with E-state index in [4.69, 9.17) is 9.84 Å². The van der Waals surface area contributed by atoms with Crippen molar-refractivity contribution in [2.45, 2.75) is 155 Å². The van der Waals surface area contributed by atoms with Crippen LogP contribution in [0.3, 0.4) is 0 Å². The van der Waals surface area contributed by atoms with Gasteiger partial charge in [-0.25, -0.2) is 0 Å². The molecule has 0 rings (SSSR count). The van der Waals surface area contributed by atoms with E-state index in [0.29, 0.717) is 19.3 Å². The maximum Gasteiger partial charge on any atom is 0.306 e. The Morgan fingerprint density at radius 1 is 0.647 bits per heavy atom. The number of unbranched alkanes of at least 4 members (excludes halogenated alkanes) is 12. The van der Waals surface area contributed by atoms with E-state index >= 15 is 0 Å². The maximum atomic E-state index is 12.1. The number of hydrogen-bond acceptors (Lipinski definition) is 3. The predicted molar refractivity (Wildman–Crippen MR) is 144 cm³/mol. The van der Waals surface area contributed by atoms with Crippen LogP contribution in [0.5, 0.6) is 0 Å². The molecule has 0 radical (unpaired) electrons. The van der Waals surface area contributed by atoms with Crippen molar-refractivity contribution in [1.29, 1.82) is 0 Å². The second-order valence-electron chi connectivity index (χ2n) is 9.58. The van der Waals surface area contributed by atoms with Gasteiger partial charge in [0.1, 0.15) is 6.10 Å². The van der Waals surface area contributed by atoms with Crippen LogP contribution in [0.2, 0.25) is 0 Å². The highest BCUT2D eigenvalue weighted by Gasteiger charge is 2.14. The molecule has 0 saturated heterocycles. The molecular formula is C30H54O4. The summed E-state index contributed by atoms with van der Waals surface area (Å²) >= 11 is 0. The summed E-state index contributed by atoms with van der Waals surface area (Å²) in [6.45, 7) is 4.31. The summed E-state index contributed by atoms with van der Waals surface area (Å²) in [5, 5.41) is 8.75. The molecule has 4 nitrogen and oxygen atoms in total. The number of esters is 1. The zero-order valence-corrected chi connectivity index (χ0v) is 22.4. The summed E-state index contributed by atoms with van der Waals surface area (Å²) < 4.78 is 5.57. The number of rotatable bonds is 25. The van der Waals surface area contributed by atoms with Crippen molar-refractivity contribution >= 4 is 11.9 Å². The SMILES string of the molecule is CCCCC/C=C\C/C=C\CCCCCCCCCCCC(=O)OC(CCC)CCCC(=O)O. The lowest BCUT2D eigenvalue weighted by Crippen LogP contribution is -2.18. The number of allylic oxidation sites excluding steroid dienone is 4. The van der Waals surface area contributed by atoms with Crippen molar-refractivity contribution in [3.63, 3.8) is 0 Å². The molecule has 0 heterocycles. The average molecular weight is 479 g/mol. The molecule has 0 aromatic rings. The minimum absolute atomic E-state index is 0.120. The molecule has 0 aromatic carbocycles. The quantitative estimate of drug-likeness (QED) is 0.0806. The van der Waals surface area contributed by atoms with Gasteiger partial charge in [0, 0.05) is 12.8 Å². The van der Waals surface area contributed by atoms with Crippen LogP contribution in [-0.2, 0) is 14.3 Å². The molecule has 1 unspecified atom stereocenters. The van der Waals surface area contributed by atoms with E-state index in [-0.39, 0.29) is 18.5 Å². The number of aliphatic carboxylic acids is 1. The van der Waals surface area contributed by atoms with E-state index in [9.17, 15) is 9.59 Å². The van der Waals surface area contributed by atoms with E-state index < -0.39 is 5.97 Å². The zero-order valence-electron chi connectivity index (χ0n) is 22.4. The van der Waals surface area contributed by atoms with Crippen molar-refractivity contribution in [3.8, 4) is 0 Å². The number of carbonyl (C=O) groups is 2. The normalized spacial score (nSPS) is 12.5. The van der Waals surface area contributed by atoms with Crippen LogP contribution in [0.1, 0.15) is 149 Å². The van der Waals surface area contributed by atoms with Gasteiger partial charge in [-0.05, 0) is 57.8 Å². The summed E-state index contributed by atoms with van der Waals surface area (Å²) in [5.74, 6) is -0.906. The van der Waals surface area contributed by atoms with Gasteiger partial charge in [0.05, 0.1) is 0 Å². The summed E-state index contributed by atoms with van der Waals surface area (Å²) in [6.07, 6.45) is 31.2. The molecule has 0 aliphatic heterocycles. The van der Waals surface area contributed by atoms with Crippen LogP contribution in [0, 0.1) is 0 Å². The molecule has 0 saturated carbocycles. The molecule has 0 amide bonds. The van der Waals surface area contributed by atoms with Gasteiger partial charge in [-0.1, -0.05) is 102 Å². The average Bonchev–Trinajstić information content (AvgIpc) is 2.80. The second kappa shape index (κ2) is 26.0. The van der Waals surface area contributed by atoms with Crippen LogP contribution >= 0.6 is 0 Å². The molecule has 1 N–H and O–H groups in total. The number of carbonyl (C=O) groups excluding carboxylic acids is 1. The first kappa shape index (κ1) is 32.4. The van der Waals surface area contributed by atoms with Gasteiger partial charge in [-0.3, -0.25) is 9.59 Å². The molecule has 1 atom stereocenters. The van der Waals surface area contributed by atoms with Gasteiger partial charge in [-0.15, -0.1) is 0 Å². The van der Waals surface area contributed by atoms with Crippen molar-refractivity contribution in [1.82, 2.24) is 0 Å². The van der Waals surface area contributed by atoms with Gasteiger partial charge in [0.15, 0.2) is 0 Å². The Balaban J connectivity index is 3.48. The van der Waals surface area contributed by atoms with Crippen LogP contribution in [0.4, 0.5) is 0 Å². The molecule has 4 heteroatoms. The third-order valence-electron chi connectivity index (χ3n) is 6.16. The van der Waals surface area contributed by atoms with E-state index in [0.717, 1.165) is 32.1 Å². The number of ether oxygens (including phenoxy) is 1. The summed E-state index contributed by atoms with van der Waals surface area (Å²) in [5.41, 5.74) is 0. The van der Waals surface area contributed by atoms with Crippen LogP contribution in [0.15, 0.2) is 24.3 Å². The third kappa shape index (κ3) is 25.1. The number of carboxylic acid groups (broad SMARTS) is 1. The summed E-state index contributed by atoms with van der Waals surface area (Å²) in [4.78, 5) is 22.7. The Morgan fingerprint density at radius 3 is 1.76 bits per heavy atom. The van der Waals surface area contributed by atoms with Crippen molar-refractivity contribution < 1.29 is 19.4 Å². The van der Waals surface area contributed by atoms with Crippen molar-refractivity contribution in [3.05, 3.63) is 24.3 Å². The van der Waals surface area contributed by atoms with Gasteiger partial charge in [-0.2, -0.15) is 0 Å². The number of hydrogen-bond donors (Lipinski definition) is 1. The smallest absolute Gasteiger partial charge is 0.306 e. The molecular weight excluding hydrogens is 424 g/mol. The second-order valence-corrected chi connectivity index (χ2v) is 9.58. The Morgan fingerprint density at radius 2 is 1.21 bits per heavy atom. The molecule has 0 aromatic heterocycles. The van der Waals surface area contributed by atoms with E-state index in [1.54, 1.807) is 0 Å². The van der Waals surface area contributed by atoms with Crippen LogP contribution in [-0.4, -0.2) is 23.1 Å². The Labute approximate surface area is 210 Å². The highest BCUT2D eigenvalue weighted by molar-refractivity contribution is 5.69. The van der Waals surface area contributed by atoms with Crippen molar-refractivity contribution in [2.75, 3.05) is 0 Å². The lowest BCUT2D eigenvalue weighted by Gasteiger charge is -2.17. The molecule has 0 aliphatic rings. The Hall–Kier alpha value is -1.58. The van der Waals surface area contributed by atoms with E-state index in [1.165, 1.54) is 77.0 Å². The van der Waals surface area contributed by atoms with Gasteiger partial charge < -0.3 is 9.84 Å². The van der Waals surface area contributed by atoms with Crippen molar-refractivity contribution in [2.24, 2.45) is 0 Å². The topological polar surface area (TPSA) is 63.6 Å². The largest absolute Gasteiger partial charge is 0.481 e. The van der Waals surface area contributed by atoms with E-state index in [1.807, 2.05) is 0 Å². The predicted octanol–water partition coefficient (Wildman–Crippen LogP) is 9.33. The van der Waals surface area contributed by atoms with Gasteiger partial charge in [0.25, 0.3) is 0 Å². The maximum absolute atomic E-state index is 12.1. The fraction of sp³-hybridized carbons (Fsp3) is 0.800. The molecule has 0 aliphatic carbocycles. The molecule has 0 bridgehead atoms. The monoisotopic (exact) mass is 478 g/mol. The fourth-order valence-corrected chi connectivity index (χ4v) is 4.10. The third-order valence-corrected chi connectivity index (χ3v) is 6.16. The summed E-state index contributed by atoms with van der Waals surface area (Å²) in [6, 6.07) is 0. The fourth-order valence-electron chi connectivity index (χ4n) is 4.10. The highest BCUT2D eigenvalue weighted by Crippen LogP contribution is 2.15. The number of carboxylic acids is 1. The molecule has 0 fully saturated rings. The first-order valence-electron chi connectivity index (χ1n) is 14.3. The first-order chi connectivity index (χ1) is 16.6. The molecule has 198 valence electrons. The van der Waals surface area contributed by atoms with Crippen LogP contribution in [0.25, 0.3) is 0 Å². The molecule has 34 heavy (non-hydrogen) atoms. The molecule has 0 spiro atoms. The Bertz CT molecular complexity index is 524. The standard InChI is InChI=1S/C30H54O4/c1-3-5-6-7-8-9-10-11-12-13-14-15-16-17-18-19-20-21-22-27-30(33)34-28(24-4-2)25-23-26-29(31)32/h8-9,11-12,28H,3-7,10,13-27H2,1-2H3,(H,31,32)/b9-8-,12-11-. The minimum Gasteiger partial charge on any atom is -0.481 e. The summed E-state index contributed by atoms with van der Waals surface area (Å²) in [7, 11) is 0. The van der Waals surface area contributed by atoms with Gasteiger partial charge >= 0.3 is 11.9 Å². The lowest BCUT2D eigenvalue weighted by atomic mass is 10.1. The zero-order chi connectivity index (χ0) is 25.1.